The van der Waals surface area contributed by atoms with E-state index >= 15 is 0 Å². The van der Waals surface area contributed by atoms with Gasteiger partial charge in [0.05, 0.1) is 22.4 Å². The zero-order valence-corrected chi connectivity index (χ0v) is 15.6. The summed E-state index contributed by atoms with van der Waals surface area (Å²) in [6.07, 6.45) is 3.92. The Morgan fingerprint density at radius 3 is 3.00 bits per heavy atom. The van der Waals surface area contributed by atoms with Crippen LogP contribution in [0.25, 0.3) is 11.3 Å². The van der Waals surface area contributed by atoms with Crippen LogP contribution < -0.4 is 10.7 Å². The van der Waals surface area contributed by atoms with Crippen molar-refractivity contribution in [1.82, 2.24) is 10.7 Å². The van der Waals surface area contributed by atoms with Crippen LogP contribution in [0.2, 0.25) is 10.0 Å². The molecule has 8 heteroatoms. The van der Waals surface area contributed by atoms with Gasteiger partial charge in [0.1, 0.15) is 11.5 Å². The molecule has 1 fully saturated rings. The lowest BCUT2D eigenvalue weighted by Crippen LogP contribution is -2.37. The number of hydrazone groups is 1. The third kappa shape index (κ3) is 4.95. The highest BCUT2D eigenvalue weighted by atomic mass is 35.5. The van der Waals surface area contributed by atoms with Crippen LogP contribution in [0.3, 0.4) is 0 Å². The van der Waals surface area contributed by atoms with Gasteiger partial charge in [-0.25, -0.2) is 0 Å². The Labute approximate surface area is 161 Å². The van der Waals surface area contributed by atoms with Crippen molar-refractivity contribution in [2.24, 2.45) is 5.10 Å². The van der Waals surface area contributed by atoms with Crippen LogP contribution in [0, 0.1) is 0 Å². The van der Waals surface area contributed by atoms with E-state index in [2.05, 4.69) is 15.8 Å². The first-order valence-corrected chi connectivity index (χ1v) is 9.02. The molecule has 3 rings (SSSR count). The van der Waals surface area contributed by atoms with E-state index in [4.69, 9.17) is 44.6 Å². The van der Waals surface area contributed by atoms with Crippen molar-refractivity contribution in [3.63, 3.8) is 0 Å². The average molecular weight is 398 g/mol. The number of ether oxygens (including phenoxy) is 1. The summed E-state index contributed by atoms with van der Waals surface area (Å²) in [5, 5.41) is 8.52. The summed E-state index contributed by atoms with van der Waals surface area (Å²) in [5.41, 5.74) is 3.48. The van der Waals surface area contributed by atoms with Crippen molar-refractivity contribution in [1.29, 1.82) is 0 Å². The largest absolute Gasteiger partial charge is 0.455 e. The van der Waals surface area contributed by atoms with Gasteiger partial charge in [0, 0.05) is 18.7 Å². The summed E-state index contributed by atoms with van der Waals surface area (Å²) in [7, 11) is 0. The van der Waals surface area contributed by atoms with Crippen LogP contribution in [-0.2, 0) is 4.74 Å². The number of hydrogen-bond donors (Lipinski definition) is 2. The van der Waals surface area contributed by atoms with Gasteiger partial charge in [-0.1, -0.05) is 29.3 Å². The summed E-state index contributed by atoms with van der Waals surface area (Å²) >= 11 is 17.4. The number of hydrogen-bond acceptors (Lipinski definition) is 4. The van der Waals surface area contributed by atoms with Gasteiger partial charge >= 0.3 is 0 Å². The fraction of sp³-hybridized carbons (Fsp3) is 0.294. The summed E-state index contributed by atoms with van der Waals surface area (Å²) in [4.78, 5) is 0. The summed E-state index contributed by atoms with van der Waals surface area (Å²) in [6.45, 7) is 1.50. The predicted octanol–water partition coefficient (Wildman–Crippen LogP) is 4.23. The molecule has 0 aliphatic carbocycles. The first-order chi connectivity index (χ1) is 12.1. The highest BCUT2D eigenvalue weighted by molar-refractivity contribution is 7.80. The first kappa shape index (κ1) is 18.2. The van der Waals surface area contributed by atoms with E-state index in [1.165, 1.54) is 0 Å². The second-order valence-corrected chi connectivity index (χ2v) is 6.71. The Morgan fingerprint density at radius 2 is 2.20 bits per heavy atom. The van der Waals surface area contributed by atoms with Gasteiger partial charge in [-0.15, -0.1) is 0 Å². The Kier molecular flexibility index (Phi) is 6.31. The molecule has 0 bridgehead atoms. The lowest BCUT2D eigenvalue weighted by Gasteiger charge is -2.11. The van der Waals surface area contributed by atoms with Gasteiger partial charge in [-0.05, 0) is 49.3 Å². The molecule has 132 valence electrons. The van der Waals surface area contributed by atoms with Crippen molar-refractivity contribution in [3.8, 4) is 11.3 Å². The minimum atomic E-state index is 0.221. The molecule has 2 heterocycles. The van der Waals surface area contributed by atoms with E-state index in [-0.39, 0.29) is 6.10 Å². The van der Waals surface area contributed by atoms with Gasteiger partial charge in [0.15, 0.2) is 5.11 Å². The molecule has 0 amide bonds. The molecule has 1 atom stereocenters. The van der Waals surface area contributed by atoms with Crippen LogP contribution in [0.5, 0.6) is 0 Å². The van der Waals surface area contributed by atoms with Crippen LogP contribution >= 0.6 is 35.4 Å². The second-order valence-electron chi connectivity index (χ2n) is 5.52. The zero-order chi connectivity index (χ0) is 17.6. The summed E-state index contributed by atoms with van der Waals surface area (Å²) < 4.78 is 11.2. The van der Waals surface area contributed by atoms with E-state index in [0.717, 1.165) is 25.0 Å². The number of furan rings is 1. The van der Waals surface area contributed by atoms with E-state index < -0.39 is 0 Å². The Balaban J connectivity index is 1.53. The van der Waals surface area contributed by atoms with E-state index in [0.29, 0.717) is 33.2 Å². The molecule has 0 saturated carbocycles. The van der Waals surface area contributed by atoms with Crippen LogP contribution in [0.4, 0.5) is 0 Å². The van der Waals surface area contributed by atoms with Gasteiger partial charge in [0.2, 0.25) is 0 Å². The van der Waals surface area contributed by atoms with Crippen molar-refractivity contribution >= 4 is 46.7 Å². The third-order valence-corrected chi connectivity index (χ3v) is 4.77. The maximum absolute atomic E-state index is 6.20. The fourth-order valence-electron chi connectivity index (χ4n) is 2.47. The standard InChI is InChI=1S/C17H17Cl2N3O2S/c18-14-5-1-4-13(16(14)19)15-7-6-12(24-15)10-21-22-17(25)20-9-11-3-2-8-23-11/h1,4-7,10-11H,2-3,8-9H2,(H2,20,22,25)/b21-10-/t11-/m1/s1. The number of benzene rings is 1. The molecule has 0 radical (unpaired) electrons. The van der Waals surface area contributed by atoms with Gasteiger partial charge in [0.25, 0.3) is 0 Å². The number of nitrogens with one attached hydrogen (secondary N) is 2. The third-order valence-electron chi connectivity index (χ3n) is 3.72. The van der Waals surface area contributed by atoms with Crippen molar-refractivity contribution < 1.29 is 9.15 Å². The van der Waals surface area contributed by atoms with Crippen molar-refractivity contribution in [2.75, 3.05) is 13.2 Å². The van der Waals surface area contributed by atoms with Crippen molar-refractivity contribution in [3.05, 3.63) is 46.1 Å². The molecule has 1 aliphatic rings. The molecule has 1 aliphatic heterocycles. The number of halogens is 2. The minimum absolute atomic E-state index is 0.221. The van der Waals surface area contributed by atoms with Gasteiger partial charge < -0.3 is 14.5 Å². The fourth-order valence-corrected chi connectivity index (χ4v) is 3.00. The van der Waals surface area contributed by atoms with E-state index in [1.807, 2.05) is 18.2 Å². The molecule has 0 unspecified atom stereocenters. The number of nitrogens with zero attached hydrogens (tertiary/aromatic N) is 1. The van der Waals surface area contributed by atoms with Crippen LogP contribution in [0.1, 0.15) is 18.6 Å². The topological polar surface area (TPSA) is 58.8 Å². The first-order valence-electron chi connectivity index (χ1n) is 7.86. The lowest BCUT2D eigenvalue weighted by molar-refractivity contribution is 0.114. The molecule has 1 saturated heterocycles. The molecule has 25 heavy (non-hydrogen) atoms. The Bertz CT molecular complexity index is 773. The molecular formula is C17H17Cl2N3O2S. The van der Waals surface area contributed by atoms with Crippen molar-refractivity contribution in [2.45, 2.75) is 18.9 Å². The molecular weight excluding hydrogens is 381 g/mol. The maximum Gasteiger partial charge on any atom is 0.187 e. The van der Waals surface area contributed by atoms with E-state index in [1.54, 1.807) is 18.3 Å². The highest BCUT2D eigenvalue weighted by Gasteiger charge is 2.15. The quantitative estimate of drug-likeness (QED) is 0.449. The lowest BCUT2D eigenvalue weighted by atomic mass is 10.2. The minimum Gasteiger partial charge on any atom is -0.455 e. The molecule has 1 aromatic heterocycles. The van der Waals surface area contributed by atoms with Gasteiger partial charge in [-0.3, -0.25) is 5.43 Å². The average Bonchev–Trinajstić information content (AvgIpc) is 3.27. The van der Waals surface area contributed by atoms with Crippen LogP contribution in [-0.4, -0.2) is 30.6 Å². The second kappa shape index (κ2) is 8.67. The molecule has 0 spiro atoms. The zero-order valence-electron chi connectivity index (χ0n) is 13.3. The van der Waals surface area contributed by atoms with Gasteiger partial charge in [-0.2, -0.15) is 5.10 Å². The normalized spacial score (nSPS) is 17.1. The number of thiocarbonyl (C=S) groups is 1. The monoisotopic (exact) mass is 397 g/mol. The SMILES string of the molecule is S=C(NC[C@H]1CCCO1)N/N=C\c1ccc(-c2cccc(Cl)c2Cl)o1. The molecule has 1 aromatic carbocycles. The smallest absolute Gasteiger partial charge is 0.187 e. The molecule has 2 aromatic rings. The Morgan fingerprint density at radius 1 is 1.32 bits per heavy atom. The Hall–Kier alpha value is -1.60. The molecule has 2 N–H and O–H groups in total. The van der Waals surface area contributed by atoms with Crippen LogP contribution in [0.15, 0.2) is 39.9 Å². The maximum atomic E-state index is 6.20. The molecule has 5 nitrogen and oxygen atoms in total. The van der Waals surface area contributed by atoms with E-state index in [9.17, 15) is 0 Å². The highest BCUT2D eigenvalue weighted by Crippen LogP contribution is 2.34. The summed E-state index contributed by atoms with van der Waals surface area (Å²) in [6, 6.07) is 9.00. The number of rotatable bonds is 5. The summed E-state index contributed by atoms with van der Waals surface area (Å²) in [5.74, 6) is 1.19. The predicted molar refractivity (Wildman–Crippen MR) is 104 cm³/mol.